The Labute approximate surface area is 69.4 Å². The Kier molecular flexibility index (Phi) is 2.50. The van der Waals surface area contributed by atoms with Gasteiger partial charge in [0.05, 0.1) is 0 Å². The average molecular weight is 170 g/mol. The van der Waals surface area contributed by atoms with Crippen molar-refractivity contribution in [1.29, 1.82) is 0 Å². The monoisotopic (exact) mass is 170 g/mol. The molecule has 1 unspecified atom stereocenters. The summed E-state index contributed by atoms with van der Waals surface area (Å²) in [5, 5.41) is 17.7. The van der Waals surface area contributed by atoms with Gasteiger partial charge in [-0.3, -0.25) is 0 Å². The molecule has 4 nitrogen and oxygen atoms in total. The van der Waals surface area contributed by atoms with E-state index in [1.54, 1.807) is 6.92 Å². The van der Waals surface area contributed by atoms with E-state index >= 15 is 0 Å². The Bertz CT molecular complexity index is 276. The number of aromatic carboxylic acids is 1. The van der Waals surface area contributed by atoms with Crippen molar-refractivity contribution in [3.63, 3.8) is 0 Å². The predicted octanol–water partition coefficient (Wildman–Crippen LogP) is 1.42. The van der Waals surface area contributed by atoms with Crippen molar-refractivity contribution in [2.24, 2.45) is 0 Å². The Balaban J connectivity index is 2.84. The van der Waals surface area contributed by atoms with E-state index in [-0.39, 0.29) is 5.76 Å². The second kappa shape index (κ2) is 3.40. The summed E-state index contributed by atoms with van der Waals surface area (Å²) in [6.07, 6.45) is -0.204. The summed E-state index contributed by atoms with van der Waals surface area (Å²) >= 11 is 0. The number of hydrogen-bond donors (Lipinski definition) is 2. The van der Waals surface area contributed by atoms with E-state index in [0.29, 0.717) is 12.2 Å². The molecule has 0 aromatic carbocycles. The van der Waals surface area contributed by atoms with Crippen molar-refractivity contribution in [2.75, 3.05) is 0 Å². The first-order chi connectivity index (χ1) is 5.65. The molecule has 1 heterocycles. The molecule has 0 saturated heterocycles. The molecule has 2 N–H and O–H groups in total. The number of furan rings is 1. The molecule has 0 aliphatic rings. The highest BCUT2D eigenvalue weighted by Crippen LogP contribution is 2.18. The zero-order valence-corrected chi connectivity index (χ0v) is 6.65. The fraction of sp³-hybridized carbons (Fsp3) is 0.375. The summed E-state index contributed by atoms with van der Waals surface area (Å²) in [6.45, 7) is 1.79. The van der Waals surface area contributed by atoms with Gasteiger partial charge in [0, 0.05) is 0 Å². The van der Waals surface area contributed by atoms with Gasteiger partial charge < -0.3 is 14.6 Å². The zero-order chi connectivity index (χ0) is 9.14. The molecule has 66 valence electrons. The third-order valence-corrected chi connectivity index (χ3v) is 1.55. The Morgan fingerprint density at radius 2 is 2.33 bits per heavy atom. The third-order valence-electron chi connectivity index (χ3n) is 1.55. The van der Waals surface area contributed by atoms with Gasteiger partial charge in [0.1, 0.15) is 11.9 Å². The molecule has 1 aromatic heterocycles. The van der Waals surface area contributed by atoms with Crippen LogP contribution in [0.4, 0.5) is 0 Å². The van der Waals surface area contributed by atoms with Crippen molar-refractivity contribution in [3.05, 3.63) is 23.7 Å². The number of aliphatic hydroxyl groups excluding tert-OH is 1. The number of carboxylic acids is 1. The highest BCUT2D eigenvalue weighted by Gasteiger charge is 2.13. The number of carboxylic acid groups (broad SMARTS) is 1. The molecule has 12 heavy (non-hydrogen) atoms. The Hall–Kier alpha value is -1.29. The first kappa shape index (κ1) is 8.80. The van der Waals surface area contributed by atoms with Gasteiger partial charge in [-0.1, -0.05) is 6.92 Å². The van der Waals surface area contributed by atoms with Crippen molar-refractivity contribution in [2.45, 2.75) is 19.4 Å². The maximum absolute atomic E-state index is 10.3. The van der Waals surface area contributed by atoms with Gasteiger partial charge in [0.25, 0.3) is 0 Å². The number of carbonyl (C=O) groups is 1. The smallest absolute Gasteiger partial charge is 0.371 e. The molecule has 1 rings (SSSR count). The Morgan fingerprint density at radius 1 is 1.67 bits per heavy atom. The second-order valence-corrected chi connectivity index (χ2v) is 2.43. The van der Waals surface area contributed by atoms with Crippen LogP contribution in [0.2, 0.25) is 0 Å². The van der Waals surface area contributed by atoms with E-state index in [1.165, 1.54) is 12.1 Å². The maximum atomic E-state index is 10.3. The van der Waals surface area contributed by atoms with Crippen LogP contribution in [-0.4, -0.2) is 16.2 Å². The summed E-state index contributed by atoms with van der Waals surface area (Å²) in [7, 11) is 0. The lowest BCUT2D eigenvalue weighted by molar-refractivity contribution is 0.0650. The highest BCUT2D eigenvalue weighted by molar-refractivity contribution is 5.84. The molecule has 0 radical (unpaired) electrons. The minimum absolute atomic E-state index is 0.141. The van der Waals surface area contributed by atoms with Crippen LogP contribution in [-0.2, 0) is 0 Å². The molecule has 0 fully saturated rings. The summed E-state index contributed by atoms with van der Waals surface area (Å²) in [6, 6.07) is 2.80. The van der Waals surface area contributed by atoms with Crippen LogP contribution >= 0.6 is 0 Å². The standard InChI is InChI=1S/C8H10O4/c1-2-5(9)6-3-4-7(12-6)8(10)11/h3-5,9H,2H2,1H3,(H,10,11). The maximum Gasteiger partial charge on any atom is 0.371 e. The molecule has 0 spiro atoms. The molecule has 0 aliphatic carbocycles. The fourth-order valence-electron chi connectivity index (χ4n) is 0.848. The van der Waals surface area contributed by atoms with E-state index in [4.69, 9.17) is 9.52 Å². The summed E-state index contributed by atoms with van der Waals surface area (Å²) < 4.78 is 4.85. The third kappa shape index (κ3) is 1.65. The van der Waals surface area contributed by atoms with E-state index in [1.807, 2.05) is 0 Å². The molecule has 0 bridgehead atoms. The molecule has 0 aliphatic heterocycles. The lowest BCUT2D eigenvalue weighted by atomic mass is 10.2. The SMILES string of the molecule is CCC(O)c1ccc(C(=O)O)o1. The van der Waals surface area contributed by atoms with Crippen LogP contribution in [0.25, 0.3) is 0 Å². The van der Waals surface area contributed by atoms with Crippen LogP contribution in [0.5, 0.6) is 0 Å². The van der Waals surface area contributed by atoms with Gasteiger partial charge in [0.15, 0.2) is 0 Å². The van der Waals surface area contributed by atoms with Gasteiger partial charge in [-0.25, -0.2) is 4.79 Å². The van der Waals surface area contributed by atoms with Crippen LogP contribution in [0.1, 0.15) is 35.8 Å². The van der Waals surface area contributed by atoms with Crippen LogP contribution in [0, 0.1) is 0 Å². The largest absolute Gasteiger partial charge is 0.475 e. The molecular weight excluding hydrogens is 160 g/mol. The van der Waals surface area contributed by atoms with Gasteiger partial charge in [-0.15, -0.1) is 0 Å². The van der Waals surface area contributed by atoms with E-state index in [2.05, 4.69) is 0 Å². The molecule has 0 saturated carbocycles. The average Bonchev–Trinajstić information content (AvgIpc) is 2.51. The number of rotatable bonds is 3. The van der Waals surface area contributed by atoms with Crippen LogP contribution in [0.3, 0.4) is 0 Å². The molecule has 1 atom stereocenters. The van der Waals surface area contributed by atoms with Crippen LogP contribution in [0.15, 0.2) is 16.5 Å². The summed E-state index contributed by atoms with van der Waals surface area (Å²) in [5.41, 5.74) is 0. The minimum Gasteiger partial charge on any atom is -0.475 e. The molecule has 1 aromatic rings. The van der Waals surface area contributed by atoms with Crippen molar-refractivity contribution >= 4 is 5.97 Å². The fourth-order valence-corrected chi connectivity index (χ4v) is 0.848. The first-order valence-corrected chi connectivity index (χ1v) is 3.66. The second-order valence-electron chi connectivity index (χ2n) is 2.43. The van der Waals surface area contributed by atoms with Gasteiger partial charge in [0.2, 0.25) is 5.76 Å². The predicted molar refractivity (Wildman–Crippen MR) is 40.9 cm³/mol. The first-order valence-electron chi connectivity index (χ1n) is 3.66. The Morgan fingerprint density at radius 3 is 2.75 bits per heavy atom. The van der Waals surface area contributed by atoms with E-state index < -0.39 is 12.1 Å². The number of hydrogen-bond acceptors (Lipinski definition) is 3. The van der Waals surface area contributed by atoms with Gasteiger partial charge in [-0.2, -0.15) is 0 Å². The van der Waals surface area contributed by atoms with E-state index in [9.17, 15) is 9.90 Å². The topological polar surface area (TPSA) is 70.7 Å². The zero-order valence-electron chi connectivity index (χ0n) is 6.65. The molecule has 0 amide bonds. The van der Waals surface area contributed by atoms with Crippen LogP contribution < -0.4 is 0 Å². The normalized spacial score (nSPS) is 12.8. The van der Waals surface area contributed by atoms with Crippen molar-refractivity contribution in [1.82, 2.24) is 0 Å². The summed E-state index contributed by atoms with van der Waals surface area (Å²) in [5.74, 6) is -0.961. The van der Waals surface area contributed by atoms with Crippen molar-refractivity contribution < 1.29 is 19.4 Å². The van der Waals surface area contributed by atoms with Gasteiger partial charge in [-0.05, 0) is 18.6 Å². The lowest BCUT2D eigenvalue weighted by Gasteiger charge is -2.01. The molecular formula is C8H10O4. The lowest BCUT2D eigenvalue weighted by Crippen LogP contribution is -1.94. The number of aliphatic hydroxyl groups is 1. The molecule has 4 heteroatoms. The minimum atomic E-state index is -1.12. The van der Waals surface area contributed by atoms with Gasteiger partial charge >= 0.3 is 5.97 Å². The quantitative estimate of drug-likeness (QED) is 0.719. The summed E-state index contributed by atoms with van der Waals surface area (Å²) in [4.78, 5) is 10.3. The van der Waals surface area contributed by atoms with E-state index in [0.717, 1.165) is 0 Å². The highest BCUT2D eigenvalue weighted by atomic mass is 16.4. The van der Waals surface area contributed by atoms with Crippen molar-refractivity contribution in [3.8, 4) is 0 Å².